The van der Waals surface area contributed by atoms with Crippen molar-refractivity contribution in [2.24, 2.45) is 10.8 Å². The van der Waals surface area contributed by atoms with Gasteiger partial charge in [0, 0.05) is 37.8 Å². The van der Waals surface area contributed by atoms with Crippen LogP contribution in [0.5, 0.6) is 0 Å². The highest BCUT2D eigenvalue weighted by Gasteiger charge is 2.37. The Balaban J connectivity index is 0.00000328. The molecule has 0 saturated heterocycles. The number of carbonyl (C=O) groups excluding carboxylic acids is 4. The zero-order chi connectivity index (χ0) is 54.8. The van der Waals surface area contributed by atoms with Crippen LogP contribution in [0.1, 0.15) is 73.0 Å². The number of aliphatic hydroxyl groups is 1. The lowest BCUT2D eigenvalue weighted by Crippen LogP contribution is -2.60. The molecule has 7 N–H and O–H groups in total. The van der Waals surface area contributed by atoms with E-state index in [1.54, 1.807) is 99.1 Å². The van der Waals surface area contributed by atoms with Crippen molar-refractivity contribution in [1.82, 2.24) is 31.4 Å². The van der Waals surface area contributed by atoms with Crippen molar-refractivity contribution in [2.75, 3.05) is 20.6 Å². The summed E-state index contributed by atoms with van der Waals surface area (Å²) in [6.45, 7) is -8.58. The number of alkyl carbamates (subject to hydrolysis) is 2. The van der Waals surface area contributed by atoms with Gasteiger partial charge in [-0.25, -0.2) is 14.6 Å². The highest BCUT2D eigenvalue weighted by molar-refractivity contribution is 7.79. The van der Waals surface area contributed by atoms with Crippen LogP contribution in [-0.4, -0.2) is 101 Å². The molecule has 4 atom stereocenters. The topological polar surface area (TPSA) is 246 Å². The number of nitrogens with one attached hydrogen (secondary N) is 4. The molecule has 4 amide bonds. The third-order valence-electron chi connectivity index (χ3n) is 7.62. The molecule has 0 saturated carbocycles. The van der Waals surface area contributed by atoms with E-state index in [2.05, 4.69) is 30.5 Å². The number of nitrogens with zero attached hydrogens (tertiary/aromatic N) is 2. The van der Waals surface area contributed by atoms with E-state index in [1.165, 1.54) is 0 Å². The number of hydrazine groups is 1. The van der Waals surface area contributed by atoms with Crippen LogP contribution in [0.4, 0.5) is 9.59 Å². The first-order chi connectivity index (χ1) is 32.1. The zero-order valence-corrected chi connectivity index (χ0v) is 31.2. The normalized spacial score (nSPS) is 18.9. The SMILES string of the molecule is O=S(=O)(O)O.[2H]C([2H])([2H])OC(=O)N[C@H](C(=O)NN(Cc1ccc(-c2cccnc2)cc1)C[C@H](O)[C@H](Cc1ccccc1)NC(=O)[C@@H](NC(=O)OC([2H])([2H])[2H])C(C([2H])([2H])[2H])(C([2H])([2H])[2H])C([2H])([2H])[2H])C(C)(C)C. The molecule has 0 radical (unpaired) electrons. The van der Waals surface area contributed by atoms with Gasteiger partial charge in [0.2, 0.25) is 5.91 Å². The predicted molar refractivity (Wildman–Crippen MR) is 208 cm³/mol. The molecule has 308 valence electrons. The van der Waals surface area contributed by atoms with Crippen LogP contribution < -0.4 is 21.4 Å². The number of ether oxygens (including phenoxy) is 2. The van der Waals surface area contributed by atoms with E-state index < -0.39 is 111 Å². The van der Waals surface area contributed by atoms with Crippen molar-refractivity contribution < 1.29 is 71.8 Å². The van der Waals surface area contributed by atoms with Gasteiger partial charge in [0.25, 0.3) is 5.91 Å². The summed E-state index contributed by atoms with van der Waals surface area (Å²) in [6.07, 6.45) is -2.53. The molecule has 3 rings (SSSR count). The van der Waals surface area contributed by atoms with E-state index in [9.17, 15) is 24.3 Å². The maximum atomic E-state index is 14.5. The average Bonchev–Trinajstić information content (AvgIpc) is 3.16. The Morgan fingerprint density at radius 1 is 0.786 bits per heavy atom. The van der Waals surface area contributed by atoms with Crippen LogP contribution in [0.2, 0.25) is 0 Å². The van der Waals surface area contributed by atoms with Gasteiger partial charge in [-0.05, 0) is 45.6 Å². The second-order valence-corrected chi connectivity index (χ2v) is 14.1. The van der Waals surface area contributed by atoms with Crippen LogP contribution in [-0.2, 0) is 42.4 Å². The van der Waals surface area contributed by atoms with E-state index >= 15 is 0 Å². The van der Waals surface area contributed by atoms with Gasteiger partial charge in [-0.15, -0.1) is 0 Å². The van der Waals surface area contributed by atoms with Gasteiger partial charge in [0.05, 0.1) is 34.4 Å². The van der Waals surface area contributed by atoms with Gasteiger partial charge in [0.15, 0.2) is 0 Å². The molecule has 1 aromatic heterocycles. The summed E-state index contributed by atoms with van der Waals surface area (Å²) in [5, 5.41) is 19.3. The molecule has 0 spiro atoms. The lowest BCUT2D eigenvalue weighted by molar-refractivity contribution is -0.132. The lowest BCUT2D eigenvalue weighted by atomic mass is 9.85. The predicted octanol–water partition coefficient (Wildman–Crippen LogP) is 3.56. The Morgan fingerprint density at radius 3 is 1.86 bits per heavy atom. The molecule has 18 heteroatoms. The second kappa shape index (κ2) is 21.2. The molecule has 3 aromatic rings. The lowest BCUT2D eigenvalue weighted by Gasteiger charge is -2.35. The summed E-state index contributed by atoms with van der Waals surface area (Å²) in [4.78, 5) is 58.2. The highest BCUT2D eigenvalue weighted by Crippen LogP contribution is 2.23. The third-order valence-corrected chi connectivity index (χ3v) is 7.62. The summed E-state index contributed by atoms with van der Waals surface area (Å²) in [5.41, 5.74) is -0.218. The van der Waals surface area contributed by atoms with Crippen molar-refractivity contribution in [1.29, 1.82) is 0 Å². The first kappa shape index (κ1) is 28.3. The van der Waals surface area contributed by atoms with E-state index in [-0.39, 0.29) is 13.0 Å². The first-order valence-electron chi connectivity index (χ1n) is 23.8. The molecular formula is C38H54N6O11S. The molecule has 56 heavy (non-hydrogen) atoms. The monoisotopic (exact) mass is 817 g/mol. The fourth-order valence-corrected chi connectivity index (χ4v) is 5.04. The molecular weight excluding hydrogens is 749 g/mol. The van der Waals surface area contributed by atoms with E-state index in [0.29, 0.717) is 11.1 Å². The smallest absolute Gasteiger partial charge is 0.407 e. The number of amides is 4. The van der Waals surface area contributed by atoms with E-state index in [4.69, 9.17) is 38.1 Å². The fourth-order valence-electron chi connectivity index (χ4n) is 5.04. The Morgan fingerprint density at radius 2 is 1.36 bits per heavy atom. The van der Waals surface area contributed by atoms with Crippen LogP contribution in [0.25, 0.3) is 11.1 Å². The van der Waals surface area contributed by atoms with Crippen LogP contribution >= 0.6 is 0 Å². The molecule has 0 aliphatic heterocycles. The first-order valence-corrected chi connectivity index (χ1v) is 17.7. The summed E-state index contributed by atoms with van der Waals surface area (Å²) in [5.74, 6) is -2.74. The summed E-state index contributed by atoms with van der Waals surface area (Å²) < 4.78 is 158. The number of carbonyl (C=O) groups is 4. The molecule has 0 aliphatic carbocycles. The molecule has 0 bridgehead atoms. The van der Waals surface area contributed by atoms with Gasteiger partial charge >= 0.3 is 22.6 Å². The number of hydrogen-bond donors (Lipinski definition) is 7. The molecule has 0 unspecified atom stereocenters. The Labute approximate surface area is 349 Å². The van der Waals surface area contributed by atoms with Crippen molar-refractivity contribution in [3.63, 3.8) is 0 Å². The Bertz CT molecular complexity index is 2310. The highest BCUT2D eigenvalue weighted by atomic mass is 32.3. The average molecular weight is 818 g/mol. The Kier molecular flexibility index (Phi) is 10.7. The van der Waals surface area contributed by atoms with Crippen LogP contribution in [0, 0.1) is 10.8 Å². The standard InChI is InChI=1S/C38H52N6O7.H2O4S/c1-37(2,3)31(41-35(48)50-7)33(46)40-29(21-25-13-10-9-11-14-25)30(45)24-44(43-34(47)32(38(4,5)6)42-36(49)51-8)23-26-16-18-27(19-17-26)28-15-12-20-39-22-28;1-5(2,3)4/h9-20,22,29-32,45H,21,23-24H2,1-8H3,(H,40,46)(H,41,48)(H,42,49)(H,43,47);(H2,1,2,3,4)/t29-,30-,31+,32+;/m0./s1/i1D3,2D3,3D3,7D3,8D3;. The maximum Gasteiger partial charge on any atom is 0.407 e. The molecule has 1 heterocycles. The number of aliphatic hydroxyl groups excluding tert-OH is 1. The van der Waals surface area contributed by atoms with Crippen molar-refractivity contribution >= 4 is 34.4 Å². The zero-order valence-electron chi connectivity index (χ0n) is 45.3. The largest absolute Gasteiger partial charge is 0.453 e. The minimum Gasteiger partial charge on any atom is -0.453 e. The molecule has 17 nitrogen and oxygen atoms in total. The van der Waals surface area contributed by atoms with Gasteiger partial charge in [-0.1, -0.05) is 102 Å². The van der Waals surface area contributed by atoms with Gasteiger partial charge in [-0.2, -0.15) is 8.42 Å². The number of hydrogen-bond acceptors (Lipinski definition) is 11. The van der Waals surface area contributed by atoms with Crippen LogP contribution in [0.3, 0.4) is 0 Å². The quantitative estimate of drug-likeness (QED) is 0.0910. The molecule has 0 fully saturated rings. The number of aromatic nitrogens is 1. The maximum absolute atomic E-state index is 14.5. The summed E-state index contributed by atoms with van der Waals surface area (Å²) in [6, 6.07) is 12.0. The summed E-state index contributed by atoms with van der Waals surface area (Å²) in [7, 11) is -11.4. The summed E-state index contributed by atoms with van der Waals surface area (Å²) >= 11 is 0. The van der Waals surface area contributed by atoms with Crippen molar-refractivity contribution in [3.8, 4) is 11.1 Å². The van der Waals surface area contributed by atoms with Gasteiger partial charge in [-0.3, -0.25) is 29.1 Å². The fraction of sp³-hybridized carbons (Fsp3) is 0.447. The van der Waals surface area contributed by atoms with Gasteiger partial charge in [0.1, 0.15) is 12.1 Å². The van der Waals surface area contributed by atoms with Crippen molar-refractivity contribution in [2.45, 2.75) is 78.5 Å². The van der Waals surface area contributed by atoms with Crippen LogP contribution in [0.15, 0.2) is 79.1 Å². The molecule has 0 aliphatic rings. The molecule has 2 aromatic carbocycles. The third kappa shape index (κ3) is 17.1. The van der Waals surface area contributed by atoms with E-state index in [1.807, 2.05) is 6.07 Å². The minimum atomic E-state index is -4.67. The number of rotatable bonds is 14. The van der Waals surface area contributed by atoms with E-state index in [0.717, 1.165) is 16.1 Å². The second-order valence-electron chi connectivity index (χ2n) is 13.2. The number of benzene rings is 2. The number of methoxy groups -OCH3 is 2. The van der Waals surface area contributed by atoms with Crippen molar-refractivity contribution in [3.05, 3.63) is 90.3 Å². The van der Waals surface area contributed by atoms with Gasteiger partial charge < -0.3 is 30.5 Å². The number of pyridine rings is 1. The Hall–Kier alpha value is -5.14. The minimum absolute atomic E-state index is 0.218.